The van der Waals surface area contributed by atoms with Gasteiger partial charge in [-0.1, -0.05) is 12.1 Å². The van der Waals surface area contributed by atoms with Gasteiger partial charge >= 0.3 is 6.09 Å². The SMILES string of the molecule is O=NSC1(CC(=O)CNC(=O)OCCCOc2cccc(CC3CCCNC3)c2)C2CC3CC(C2)CC1C3. The number of carbonyl (C=O) groups is 2. The van der Waals surface area contributed by atoms with E-state index in [9.17, 15) is 14.5 Å². The van der Waals surface area contributed by atoms with Crippen LogP contribution in [0.2, 0.25) is 0 Å². The Morgan fingerprint density at radius 2 is 1.89 bits per heavy atom. The fourth-order valence-corrected chi connectivity index (χ4v) is 8.77. The van der Waals surface area contributed by atoms with E-state index in [-0.39, 0.29) is 23.7 Å². The Hall–Kier alpha value is -2.13. The molecule has 1 amide bonds. The molecule has 1 atom stereocenters. The number of ether oxygens (including phenoxy) is 2. The van der Waals surface area contributed by atoms with E-state index < -0.39 is 6.09 Å². The number of nitrogens with one attached hydrogen (secondary N) is 2. The van der Waals surface area contributed by atoms with Gasteiger partial charge in [-0.3, -0.25) is 4.79 Å². The van der Waals surface area contributed by atoms with E-state index in [1.807, 2.05) is 12.1 Å². The molecular weight excluding hydrogens is 502 g/mol. The van der Waals surface area contributed by atoms with Crippen molar-refractivity contribution in [3.05, 3.63) is 34.7 Å². The second-order valence-electron chi connectivity index (χ2n) is 11.9. The van der Waals surface area contributed by atoms with Crippen LogP contribution in [0.3, 0.4) is 0 Å². The number of ketones is 1. The van der Waals surface area contributed by atoms with Crippen LogP contribution in [-0.4, -0.2) is 49.5 Å². The fraction of sp³-hybridized carbons (Fsp3) is 0.724. The Balaban J connectivity index is 0.985. The molecule has 9 heteroatoms. The molecule has 5 aliphatic rings. The number of piperidine rings is 1. The van der Waals surface area contributed by atoms with Crippen LogP contribution in [0.5, 0.6) is 5.75 Å². The van der Waals surface area contributed by atoms with Gasteiger partial charge in [-0.15, -0.1) is 4.91 Å². The predicted octanol–water partition coefficient (Wildman–Crippen LogP) is 5.29. The monoisotopic (exact) mass is 543 g/mol. The standard InChI is InChI=1S/C29H41N3O5S/c33-26(17-29(38-32-35)24-12-22-11-23(14-24)15-25(29)13-22)19-31-28(34)37-9-3-8-36-27-6-1-4-20(16-27)10-21-5-2-7-30-18-21/h1,4,6,16,21-25,30H,2-3,5,7-15,17-19H2,(H,31,34). The molecule has 1 aromatic rings. The number of hydrogen-bond acceptors (Lipinski definition) is 8. The van der Waals surface area contributed by atoms with Crippen LogP contribution in [0.4, 0.5) is 4.79 Å². The Bertz CT molecular complexity index is 955. The van der Waals surface area contributed by atoms with Crippen LogP contribution < -0.4 is 15.4 Å². The topological polar surface area (TPSA) is 106 Å². The first-order chi connectivity index (χ1) is 18.5. The summed E-state index contributed by atoms with van der Waals surface area (Å²) in [6.07, 6.45) is 9.53. The lowest BCUT2D eigenvalue weighted by Gasteiger charge is -2.59. The van der Waals surface area contributed by atoms with E-state index in [1.165, 1.54) is 24.8 Å². The van der Waals surface area contributed by atoms with Crippen molar-refractivity contribution in [3.63, 3.8) is 0 Å². The van der Waals surface area contributed by atoms with E-state index in [0.29, 0.717) is 37.2 Å². The van der Waals surface area contributed by atoms with Crippen molar-refractivity contribution in [1.82, 2.24) is 10.6 Å². The molecule has 1 saturated heterocycles. The number of alkyl carbamates (subject to hydrolysis) is 1. The summed E-state index contributed by atoms with van der Waals surface area (Å²) in [6, 6.07) is 8.23. The van der Waals surface area contributed by atoms with Gasteiger partial charge in [0.05, 0.1) is 24.5 Å². The second kappa shape index (κ2) is 12.8. The zero-order valence-corrected chi connectivity index (χ0v) is 23.0. The maximum Gasteiger partial charge on any atom is 0.407 e. The number of hydrogen-bond donors (Lipinski definition) is 2. The molecule has 0 spiro atoms. The molecular formula is C29H41N3O5S. The lowest BCUT2D eigenvalue weighted by molar-refractivity contribution is -0.121. The largest absolute Gasteiger partial charge is 0.493 e. The first-order valence-electron chi connectivity index (χ1n) is 14.4. The van der Waals surface area contributed by atoms with Crippen molar-refractivity contribution in [2.75, 3.05) is 32.8 Å². The molecule has 1 aliphatic heterocycles. The van der Waals surface area contributed by atoms with Gasteiger partial charge in [0.25, 0.3) is 0 Å². The van der Waals surface area contributed by atoms with Gasteiger partial charge in [0.2, 0.25) is 0 Å². The summed E-state index contributed by atoms with van der Waals surface area (Å²) < 4.78 is 13.9. The summed E-state index contributed by atoms with van der Waals surface area (Å²) in [5, 5.41) is 6.06. The average Bonchev–Trinajstić information content (AvgIpc) is 2.91. The number of carbonyl (C=O) groups excluding carboxylic acids is 2. The first-order valence-corrected chi connectivity index (χ1v) is 15.2. The first kappa shape index (κ1) is 27.4. The van der Waals surface area contributed by atoms with Crippen LogP contribution >= 0.6 is 11.9 Å². The highest BCUT2D eigenvalue weighted by Gasteiger charge is 2.58. The lowest BCUT2D eigenvalue weighted by atomic mass is 9.50. The number of nitrogens with zero attached hydrogens (tertiary/aromatic N) is 1. The number of nitroso groups, excluding NO2 is 1. The summed E-state index contributed by atoms with van der Waals surface area (Å²) in [6.45, 7) is 2.79. The molecule has 0 aromatic heterocycles. The van der Waals surface area contributed by atoms with Gasteiger partial charge in [0.1, 0.15) is 5.75 Å². The Morgan fingerprint density at radius 1 is 1.11 bits per heavy atom. The minimum absolute atomic E-state index is 0.0576. The van der Waals surface area contributed by atoms with Crippen molar-refractivity contribution in [1.29, 1.82) is 0 Å². The number of amides is 1. The van der Waals surface area contributed by atoms with Crippen LogP contribution in [-0.2, 0) is 16.0 Å². The smallest absolute Gasteiger partial charge is 0.407 e. The number of rotatable bonds is 13. The summed E-state index contributed by atoms with van der Waals surface area (Å²) >= 11 is 1.09. The third kappa shape index (κ3) is 6.71. The predicted molar refractivity (Wildman–Crippen MR) is 148 cm³/mol. The van der Waals surface area contributed by atoms with Crippen LogP contribution in [0.1, 0.15) is 63.4 Å². The van der Waals surface area contributed by atoms with Gasteiger partial charge in [-0.25, -0.2) is 4.79 Å². The number of benzene rings is 1. The maximum atomic E-state index is 12.9. The van der Waals surface area contributed by atoms with E-state index in [4.69, 9.17) is 9.47 Å². The highest BCUT2D eigenvalue weighted by atomic mass is 32.2. The van der Waals surface area contributed by atoms with E-state index in [2.05, 4.69) is 27.3 Å². The third-order valence-electron chi connectivity index (χ3n) is 9.24. The molecule has 5 fully saturated rings. The Labute approximate surface area is 229 Å². The van der Waals surface area contributed by atoms with Gasteiger partial charge in [-0.05, 0) is 112 Å². The molecule has 8 nitrogen and oxygen atoms in total. The minimum atomic E-state index is -0.596. The maximum absolute atomic E-state index is 12.9. The summed E-state index contributed by atoms with van der Waals surface area (Å²) in [5.74, 6) is 3.70. The summed E-state index contributed by atoms with van der Waals surface area (Å²) in [5.41, 5.74) is 1.29. The molecule has 2 N–H and O–H groups in total. The molecule has 6 rings (SSSR count). The van der Waals surface area contributed by atoms with E-state index in [1.54, 1.807) is 0 Å². The fourth-order valence-electron chi connectivity index (χ4n) is 7.72. The average molecular weight is 544 g/mol. The minimum Gasteiger partial charge on any atom is -0.493 e. The van der Waals surface area contributed by atoms with E-state index in [0.717, 1.165) is 74.7 Å². The molecule has 1 heterocycles. The Morgan fingerprint density at radius 3 is 2.61 bits per heavy atom. The molecule has 0 radical (unpaired) electrons. The zero-order chi connectivity index (χ0) is 26.4. The molecule has 1 unspecified atom stereocenters. The van der Waals surface area contributed by atoms with E-state index >= 15 is 0 Å². The second-order valence-corrected chi connectivity index (χ2v) is 13.0. The lowest BCUT2D eigenvalue weighted by Crippen LogP contribution is -2.56. The summed E-state index contributed by atoms with van der Waals surface area (Å²) in [4.78, 5) is 36.3. The van der Waals surface area contributed by atoms with Gasteiger partial charge in [0.15, 0.2) is 5.78 Å². The van der Waals surface area contributed by atoms with Crippen LogP contribution in [0.25, 0.3) is 0 Å². The molecule has 4 aliphatic carbocycles. The van der Waals surface area contributed by atoms with Crippen molar-refractivity contribution >= 4 is 23.8 Å². The molecule has 208 valence electrons. The quantitative estimate of drug-likeness (QED) is 0.198. The van der Waals surface area contributed by atoms with Crippen molar-refractivity contribution in [2.24, 2.45) is 34.2 Å². The van der Waals surface area contributed by atoms with Crippen molar-refractivity contribution < 1.29 is 19.1 Å². The highest BCUT2D eigenvalue weighted by molar-refractivity contribution is 7.99. The summed E-state index contributed by atoms with van der Waals surface area (Å²) in [7, 11) is 0. The highest BCUT2D eigenvalue weighted by Crippen LogP contribution is 2.64. The Kier molecular flexibility index (Phi) is 9.25. The molecule has 4 saturated carbocycles. The zero-order valence-electron chi connectivity index (χ0n) is 22.2. The molecule has 1 aromatic carbocycles. The van der Waals surface area contributed by atoms with Gasteiger partial charge < -0.3 is 20.1 Å². The number of Topliss-reactive ketones (excluding diaryl/α,β-unsaturated/α-hetero) is 1. The van der Waals surface area contributed by atoms with Crippen LogP contribution in [0, 0.1) is 34.5 Å². The van der Waals surface area contributed by atoms with Crippen molar-refractivity contribution in [3.8, 4) is 5.75 Å². The normalized spacial score (nSPS) is 31.5. The van der Waals surface area contributed by atoms with Gasteiger partial charge in [-0.2, -0.15) is 0 Å². The van der Waals surface area contributed by atoms with Crippen molar-refractivity contribution in [2.45, 2.75) is 69.0 Å². The third-order valence-corrected chi connectivity index (χ3v) is 10.5. The van der Waals surface area contributed by atoms with Gasteiger partial charge in [0, 0.05) is 29.4 Å². The molecule has 38 heavy (non-hydrogen) atoms. The van der Waals surface area contributed by atoms with Crippen LogP contribution in [0.15, 0.2) is 28.8 Å². The molecule has 4 bridgehead atoms.